The maximum atomic E-state index is 12.5. The van der Waals surface area contributed by atoms with Crippen LogP contribution in [0.3, 0.4) is 0 Å². The number of fused-ring (bicyclic) bond motifs is 1. The molecule has 2 aliphatic heterocycles. The number of carbonyl (C=O) groups is 3. The molecular weight excluding hydrogens is 258 g/mol. The number of rotatable bonds is 1. The van der Waals surface area contributed by atoms with E-state index in [1.165, 1.54) is 11.8 Å². The standard InChI is InChI=1S/C14H15N3O3/c1-8(18)16-6-14(2,7-16)17-12(19)9-4-3-5-10(15)11(9)13(17)20/h3-5H,6-7,15H2,1-2H3. The van der Waals surface area contributed by atoms with Gasteiger partial charge in [0.2, 0.25) is 5.91 Å². The Kier molecular flexibility index (Phi) is 2.41. The van der Waals surface area contributed by atoms with Crippen molar-refractivity contribution in [3.05, 3.63) is 29.3 Å². The van der Waals surface area contributed by atoms with E-state index in [1.807, 2.05) is 6.92 Å². The third-order valence-corrected chi connectivity index (χ3v) is 4.00. The third kappa shape index (κ3) is 1.47. The molecule has 0 aliphatic carbocycles. The topological polar surface area (TPSA) is 83.7 Å². The highest BCUT2D eigenvalue weighted by Crippen LogP contribution is 2.36. The van der Waals surface area contributed by atoms with Crippen molar-refractivity contribution >= 4 is 23.4 Å². The highest BCUT2D eigenvalue weighted by Gasteiger charge is 2.53. The minimum absolute atomic E-state index is 0.0569. The fraction of sp³-hybridized carbons (Fsp3) is 0.357. The van der Waals surface area contributed by atoms with Crippen LogP contribution in [0.5, 0.6) is 0 Å². The summed E-state index contributed by atoms with van der Waals surface area (Å²) in [6.45, 7) is 4.02. The second-order valence-corrected chi connectivity index (χ2v) is 5.59. The van der Waals surface area contributed by atoms with Crippen molar-refractivity contribution in [2.45, 2.75) is 19.4 Å². The Morgan fingerprint density at radius 2 is 1.90 bits per heavy atom. The highest BCUT2D eigenvalue weighted by atomic mass is 16.2. The molecule has 0 radical (unpaired) electrons. The van der Waals surface area contributed by atoms with E-state index in [0.717, 1.165) is 0 Å². The Morgan fingerprint density at radius 1 is 1.25 bits per heavy atom. The van der Waals surface area contributed by atoms with Crippen molar-refractivity contribution in [1.82, 2.24) is 9.80 Å². The summed E-state index contributed by atoms with van der Waals surface area (Å²) in [5.41, 5.74) is 6.09. The van der Waals surface area contributed by atoms with Gasteiger partial charge >= 0.3 is 0 Å². The summed E-state index contributed by atoms with van der Waals surface area (Å²) in [4.78, 5) is 39.0. The van der Waals surface area contributed by atoms with Crippen LogP contribution in [0.1, 0.15) is 34.6 Å². The van der Waals surface area contributed by atoms with Gasteiger partial charge in [0.05, 0.1) is 16.7 Å². The largest absolute Gasteiger partial charge is 0.398 e. The van der Waals surface area contributed by atoms with Crippen LogP contribution in [0.15, 0.2) is 18.2 Å². The minimum atomic E-state index is -0.648. The molecule has 0 unspecified atom stereocenters. The van der Waals surface area contributed by atoms with Gasteiger partial charge in [0, 0.05) is 25.7 Å². The van der Waals surface area contributed by atoms with Crippen LogP contribution < -0.4 is 5.73 Å². The third-order valence-electron chi connectivity index (χ3n) is 4.00. The zero-order valence-corrected chi connectivity index (χ0v) is 11.3. The van der Waals surface area contributed by atoms with Crippen LogP contribution >= 0.6 is 0 Å². The van der Waals surface area contributed by atoms with Crippen molar-refractivity contribution in [1.29, 1.82) is 0 Å². The summed E-state index contributed by atoms with van der Waals surface area (Å²) in [6.07, 6.45) is 0. The number of carbonyl (C=O) groups excluding carboxylic acids is 3. The van der Waals surface area contributed by atoms with Crippen molar-refractivity contribution in [2.75, 3.05) is 18.8 Å². The fourth-order valence-corrected chi connectivity index (χ4v) is 2.94. The Morgan fingerprint density at radius 3 is 2.45 bits per heavy atom. The van der Waals surface area contributed by atoms with E-state index in [4.69, 9.17) is 5.73 Å². The summed E-state index contributed by atoms with van der Waals surface area (Å²) < 4.78 is 0. The lowest BCUT2D eigenvalue weighted by molar-refractivity contribution is -0.139. The second-order valence-electron chi connectivity index (χ2n) is 5.59. The predicted octanol–water partition coefficient (Wildman–Crippen LogP) is 0.486. The van der Waals surface area contributed by atoms with Gasteiger partial charge in [0.15, 0.2) is 0 Å². The Hall–Kier alpha value is -2.37. The molecule has 1 aromatic carbocycles. The van der Waals surface area contributed by atoms with Gasteiger partial charge in [0.25, 0.3) is 11.8 Å². The van der Waals surface area contributed by atoms with Gasteiger partial charge < -0.3 is 10.6 Å². The van der Waals surface area contributed by atoms with Gasteiger partial charge in [-0.2, -0.15) is 0 Å². The summed E-state index contributed by atoms with van der Waals surface area (Å²) in [5, 5.41) is 0. The molecule has 0 spiro atoms. The number of imide groups is 1. The number of nitrogens with two attached hydrogens (primary N) is 1. The average Bonchev–Trinajstić information content (AvgIpc) is 2.59. The zero-order valence-electron chi connectivity index (χ0n) is 11.3. The number of amides is 3. The zero-order chi connectivity index (χ0) is 14.7. The van der Waals surface area contributed by atoms with Crippen molar-refractivity contribution in [3.63, 3.8) is 0 Å². The number of benzene rings is 1. The molecule has 1 fully saturated rings. The van der Waals surface area contributed by atoms with Crippen LogP contribution in [0.25, 0.3) is 0 Å². The van der Waals surface area contributed by atoms with E-state index in [2.05, 4.69) is 0 Å². The number of nitrogens with zero attached hydrogens (tertiary/aromatic N) is 2. The van der Waals surface area contributed by atoms with Gasteiger partial charge in [-0.05, 0) is 19.1 Å². The molecule has 0 saturated carbocycles. The molecule has 0 aromatic heterocycles. The molecule has 1 saturated heterocycles. The van der Waals surface area contributed by atoms with E-state index in [-0.39, 0.29) is 23.3 Å². The van der Waals surface area contributed by atoms with Gasteiger partial charge in [0.1, 0.15) is 0 Å². The first kappa shape index (κ1) is 12.7. The Bertz CT molecular complexity index is 647. The van der Waals surface area contributed by atoms with Crippen LogP contribution in [0.2, 0.25) is 0 Å². The van der Waals surface area contributed by atoms with Gasteiger partial charge in [-0.1, -0.05) is 6.07 Å². The lowest BCUT2D eigenvalue weighted by atomic mass is 9.90. The van der Waals surface area contributed by atoms with E-state index in [9.17, 15) is 14.4 Å². The van der Waals surface area contributed by atoms with Crippen molar-refractivity contribution in [3.8, 4) is 0 Å². The fourth-order valence-electron chi connectivity index (χ4n) is 2.94. The minimum Gasteiger partial charge on any atom is -0.398 e. The van der Waals surface area contributed by atoms with Crippen LogP contribution in [-0.2, 0) is 4.79 Å². The molecule has 0 atom stereocenters. The lowest BCUT2D eigenvalue weighted by Gasteiger charge is -2.51. The molecule has 2 heterocycles. The number of anilines is 1. The second kappa shape index (κ2) is 3.82. The molecule has 2 aliphatic rings. The monoisotopic (exact) mass is 273 g/mol. The normalized spacial score (nSPS) is 19.9. The summed E-state index contributed by atoms with van der Waals surface area (Å²) in [6, 6.07) is 4.88. The molecule has 2 N–H and O–H groups in total. The molecule has 3 amide bonds. The van der Waals surface area contributed by atoms with Crippen LogP contribution in [-0.4, -0.2) is 46.1 Å². The summed E-state index contributed by atoms with van der Waals surface area (Å²) in [7, 11) is 0. The van der Waals surface area contributed by atoms with Crippen molar-refractivity contribution in [2.24, 2.45) is 0 Å². The lowest BCUT2D eigenvalue weighted by Crippen LogP contribution is -2.70. The summed E-state index contributed by atoms with van der Waals surface area (Å²) in [5.74, 6) is -0.754. The molecule has 0 bridgehead atoms. The van der Waals surface area contributed by atoms with Crippen LogP contribution in [0.4, 0.5) is 5.69 Å². The maximum Gasteiger partial charge on any atom is 0.264 e. The number of likely N-dealkylation sites (tertiary alicyclic amines) is 1. The first-order chi connectivity index (χ1) is 9.35. The summed E-state index contributed by atoms with van der Waals surface area (Å²) >= 11 is 0. The highest BCUT2D eigenvalue weighted by molar-refractivity contribution is 6.24. The molecule has 20 heavy (non-hydrogen) atoms. The van der Waals surface area contributed by atoms with Crippen molar-refractivity contribution < 1.29 is 14.4 Å². The Balaban J connectivity index is 1.96. The average molecular weight is 273 g/mol. The predicted molar refractivity (Wildman–Crippen MR) is 72.0 cm³/mol. The first-order valence-electron chi connectivity index (χ1n) is 6.38. The van der Waals surface area contributed by atoms with E-state index in [0.29, 0.717) is 24.3 Å². The maximum absolute atomic E-state index is 12.5. The molecule has 3 rings (SSSR count). The molecular formula is C14H15N3O3. The Labute approximate surface area is 116 Å². The van der Waals surface area contributed by atoms with Gasteiger partial charge in [-0.3, -0.25) is 19.3 Å². The number of nitrogen functional groups attached to an aromatic ring is 1. The number of hydrogen-bond acceptors (Lipinski definition) is 4. The van der Waals surface area contributed by atoms with E-state index >= 15 is 0 Å². The van der Waals surface area contributed by atoms with Gasteiger partial charge in [-0.25, -0.2) is 0 Å². The molecule has 1 aromatic rings. The molecule has 6 heteroatoms. The van der Waals surface area contributed by atoms with E-state index < -0.39 is 5.54 Å². The first-order valence-corrected chi connectivity index (χ1v) is 6.38. The molecule has 6 nitrogen and oxygen atoms in total. The SMILES string of the molecule is CC(=O)N1CC(C)(N2C(=O)c3cccc(N)c3C2=O)C1. The molecule has 104 valence electrons. The smallest absolute Gasteiger partial charge is 0.264 e. The van der Waals surface area contributed by atoms with Crippen LogP contribution in [0, 0.1) is 0 Å². The van der Waals surface area contributed by atoms with E-state index in [1.54, 1.807) is 23.1 Å². The number of hydrogen-bond donors (Lipinski definition) is 1. The van der Waals surface area contributed by atoms with Gasteiger partial charge in [-0.15, -0.1) is 0 Å². The quantitative estimate of drug-likeness (QED) is 0.596.